The first kappa shape index (κ1) is 21.1. The summed E-state index contributed by atoms with van der Waals surface area (Å²) >= 11 is 1.32. The molecule has 9 heteroatoms. The summed E-state index contributed by atoms with van der Waals surface area (Å²) in [6, 6.07) is 1.34. The number of amides is 2. The number of thioether (sulfide) groups is 1. The normalized spacial score (nSPS) is 15.3. The smallest absolute Gasteiger partial charge is 0.267 e. The maximum Gasteiger partial charge on any atom is 0.267 e. The highest BCUT2D eigenvalue weighted by atomic mass is 32.2. The van der Waals surface area contributed by atoms with E-state index in [1.807, 2.05) is 13.8 Å². The van der Waals surface area contributed by atoms with Gasteiger partial charge in [0.2, 0.25) is 5.91 Å². The van der Waals surface area contributed by atoms with Crippen molar-refractivity contribution in [2.75, 3.05) is 12.0 Å². The lowest BCUT2D eigenvalue weighted by molar-refractivity contribution is -0.148. The Morgan fingerprint density at radius 2 is 1.81 bits per heavy atom. The van der Waals surface area contributed by atoms with Gasteiger partial charge in [-0.25, -0.2) is 13.2 Å². The van der Waals surface area contributed by atoms with Crippen molar-refractivity contribution >= 4 is 29.3 Å². The third kappa shape index (κ3) is 4.40. The number of benzene rings is 1. The summed E-state index contributed by atoms with van der Waals surface area (Å²) in [6.45, 7) is 8.35. The fourth-order valence-electron chi connectivity index (χ4n) is 2.38. The fourth-order valence-corrected chi connectivity index (χ4v) is 3.28. The van der Waals surface area contributed by atoms with Gasteiger partial charge >= 0.3 is 0 Å². The second-order valence-electron chi connectivity index (χ2n) is 6.83. The Bertz CT molecular complexity index is 786. The second-order valence-corrected chi connectivity index (χ2v) is 8.41. The molecule has 0 aliphatic carbocycles. The van der Waals surface area contributed by atoms with E-state index in [1.165, 1.54) is 30.5 Å². The van der Waals surface area contributed by atoms with Gasteiger partial charge in [0, 0.05) is 23.1 Å². The molecule has 0 saturated carbocycles. The molecule has 27 heavy (non-hydrogen) atoms. The van der Waals surface area contributed by atoms with Crippen molar-refractivity contribution in [3.63, 3.8) is 0 Å². The van der Waals surface area contributed by atoms with E-state index in [-0.39, 0.29) is 23.6 Å². The summed E-state index contributed by atoms with van der Waals surface area (Å²) in [5.74, 6) is -5.05. The van der Waals surface area contributed by atoms with Gasteiger partial charge in [0.25, 0.3) is 5.91 Å². The van der Waals surface area contributed by atoms with Crippen molar-refractivity contribution in [2.45, 2.75) is 45.4 Å². The number of ether oxygens (including phenoxy) is 1. The summed E-state index contributed by atoms with van der Waals surface area (Å²) < 4.78 is 45.3. The van der Waals surface area contributed by atoms with Gasteiger partial charge in [-0.3, -0.25) is 14.5 Å². The molecule has 0 saturated heterocycles. The lowest BCUT2D eigenvalue weighted by Gasteiger charge is -2.40. The summed E-state index contributed by atoms with van der Waals surface area (Å²) in [5.41, 5.74) is -1.64. The summed E-state index contributed by atoms with van der Waals surface area (Å²) in [5, 5.41) is 2.45. The van der Waals surface area contributed by atoms with Crippen LogP contribution in [-0.4, -0.2) is 34.2 Å². The van der Waals surface area contributed by atoms with E-state index >= 15 is 0 Å². The average Bonchev–Trinajstić information content (AvgIpc) is 2.55. The third-order valence-electron chi connectivity index (χ3n) is 4.00. The van der Waals surface area contributed by atoms with E-state index in [0.29, 0.717) is 22.8 Å². The highest BCUT2D eigenvalue weighted by Gasteiger charge is 2.42. The largest absolute Gasteiger partial charge is 0.476 e. The van der Waals surface area contributed by atoms with Gasteiger partial charge < -0.3 is 10.1 Å². The Kier molecular flexibility index (Phi) is 6.14. The Hall–Kier alpha value is -2.16. The number of hydrogen-bond donors (Lipinski definition) is 1. The molecule has 1 aliphatic rings. The van der Waals surface area contributed by atoms with Crippen LogP contribution in [0.3, 0.4) is 0 Å². The van der Waals surface area contributed by atoms with E-state index in [2.05, 4.69) is 5.32 Å². The summed E-state index contributed by atoms with van der Waals surface area (Å²) in [4.78, 5) is 27.2. The van der Waals surface area contributed by atoms with Crippen LogP contribution in [-0.2, 0) is 14.3 Å². The number of rotatable bonds is 5. The van der Waals surface area contributed by atoms with Gasteiger partial charge in [0.1, 0.15) is 16.2 Å². The number of carbonyl (C=O) groups excluding carboxylic acids is 2. The van der Waals surface area contributed by atoms with Crippen LogP contribution in [0.5, 0.6) is 0 Å². The van der Waals surface area contributed by atoms with Crippen molar-refractivity contribution in [3.05, 3.63) is 40.2 Å². The van der Waals surface area contributed by atoms with Gasteiger partial charge in [-0.15, -0.1) is 11.8 Å². The molecule has 0 atom stereocenters. The molecule has 5 nitrogen and oxygen atoms in total. The average molecular weight is 402 g/mol. The van der Waals surface area contributed by atoms with Crippen LogP contribution in [0.1, 0.15) is 34.6 Å². The zero-order valence-corrected chi connectivity index (χ0v) is 16.5. The first-order valence-electron chi connectivity index (χ1n) is 8.23. The van der Waals surface area contributed by atoms with Crippen LogP contribution < -0.4 is 5.32 Å². The van der Waals surface area contributed by atoms with Crippen LogP contribution in [0.25, 0.3) is 0 Å². The molecule has 2 amide bonds. The van der Waals surface area contributed by atoms with E-state index in [1.54, 1.807) is 6.92 Å². The highest BCUT2D eigenvalue weighted by molar-refractivity contribution is 8.04. The SMILES string of the molecule is CC1=C(SC(C)C)C(=O)N(C(C)(C)C(=O)Nc2cc(F)c(F)c(F)c2)CO1. The molecule has 0 bridgehead atoms. The Morgan fingerprint density at radius 3 is 2.33 bits per heavy atom. The molecule has 0 spiro atoms. The zero-order valence-electron chi connectivity index (χ0n) is 15.7. The number of nitrogens with one attached hydrogen (secondary N) is 1. The molecular weight excluding hydrogens is 381 g/mol. The van der Waals surface area contributed by atoms with Crippen LogP contribution in [0, 0.1) is 17.5 Å². The zero-order chi connectivity index (χ0) is 20.5. The topological polar surface area (TPSA) is 58.6 Å². The predicted octanol–water partition coefficient (Wildman–Crippen LogP) is 4.01. The first-order valence-corrected chi connectivity index (χ1v) is 9.11. The molecule has 0 radical (unpaired) electrons. The minimum absolute atomic E-state index is 0.129. The second kappa shape index (κ2) is 7.84. The Morgan fingerprint density at radius 1 is 1.26 bits per heavy atom. The van der Waals surface area contributed by atoms with Gasteiger partial charge in [0.15, 0.2) is 24.2 Å². The maximum absolute atomic E-state index is 13.4. The molecule has 0 aromatic heterocycles. The fraction of sp³-hybridized carbons (Fsp3) is 0.444. The first-order chi connectivity index (χ1) is 12.4. The highest BCUT2D eigenvalue weighted by Crippen LogP contribution is 2.33. The van der Waals surface area contributed by atoms with Gasteiger partial charge in [-0.1, -0.05) is 13.8 Å². The van der Waals surface area contributed by atoms with Gasteiger partial charge in [0.05, 0.1) is 0 Å². The van der Waals surface area contributed by atoms with Crippen molar-refractivity contribution in [1.29, 1.82) is 0 Å². The van der Waals surface area contributed by atoms with Crippen molar-refractivity contribution in [3.8, 4) is 0 Å². The minimum atomic E-state index is -1.62. The van der Waals surface area contributed by atoms with Crippen molar-refractivity contribution in [2.24, 2.45) is 0 Å². The molecule has 1 heterocycles. The number of halogens is 3. The quantitative estimate of drug-likeness (QED) is 0.756. The van der Waals surface area contributed by atoms with Gasteiger partial charge in [-0.2, -0.15) is 0 Å². The summed E-state index contributed by atoms with van der Waals surface area (Å²) in [6.07, 6.45) is 0. The van der Waals surface area contributed by atoms with E-state index in [4.69, 9.17) is 4.74 Å². The molecule has 0 unspecified atom stereocenters. The standard InChI is InChI=1S/C18H21F3N2O3S/c1-9(2)27-15-10(3)26-8-23(16(15)24)18(4,5)17(25)22-11-6-12(19)14(21)13(20)7-11/h6-7,9H,8H2,1-5H3,(H,22,25). The maximum atomic E-state index is 13.4. The molecule has 1 aromatic carbocycles. The molecule has 2 rings (SSSR count). The van der Waals surface area contributed by atoms with Crippen molar-refractivity contribution < 1.29 is 27.5 Å². The van der Waals surface area contributed by atoms with Crippen LogP contribution in [0.4, 0.5) is 18.9 Å². The molecule has 0 fully saturated rings. The number of anilines is 1. The Labute approximate surface area is 159 Å². The Balaban J connectivity index is 2.24. The molecule has 1 aliphatic heterocycles. The van der Waals surface area contributed by atoms with E-state index in [9.17, 15) is 22.8 Å². The number of hydrogen-bond acceptors (Lipinski definition) is 4. The number of nitrogens with zero attached hydrogens (tertiary/aromatic N) is 1. The molecule has 1 aromatic rings. The van der Waals surface area contributed by atoms with Crippen molar-refractivity contribution in [1.82, 2.24) is 4.90 Å². The molecule has 148 valence electrons. The molecular formula is C18H21F3N2O3S. The molecule has 1 N–H and O–H groups in total. The number of allylic oxidation sites excluding steroid dienone is 1. The lowest BCUT2D eigenvalue weighted by atomic mass is 10.0. The van der Waals surface area contributed by atoms with E-state index in [0.717, 1.165) is 0 Å². The lowest BCUT2D eigenvalue weighted by Crippen LogP contribution is -2.57. The third-order valence-corrected chi connectivity index (χ3v) is 5.16. The minimum Gasteiger partial charge on any atom is -0.476 e. The van der Waals surface area contributed by atoms with Crippen LogP contribution in [0.2, 0.25) is 0 Å². The number of carbonyl (C=O) groups is 2. The van der Waals surface area contributed by atoms with Crippen LogP contribution >= 0.6 is 11.8 Å². The monoisotopic (exact) mass is 402 g/mol. The van der Waals surface area contributed by atoms with Crippen LogP contribution in [0.15, 0.2) is 22.8 Å². The van der Waals surface area contributed by atoms with Gasteiger partial charge in [-0.05, 0) is 20.8 Å². The predicted molar refractivity (Wildman–Crippen MR) is 97.2 cm³/mol. The summed E-state index contributed by atoms with van der Waals surface area (Å²) in [7, 11) is 0. The van der Waals surface area contributed by atoms with E-state index < -0.39 is 28.9 Å².